The van der Waals surface area contributed by atoms with Gasteiger partial charge in [-0.1, -0.05) is 121 Å². The molecular weight excluding hydrogens is 564 g/mol. The molecular formula is C40H26N6. The zero-order chi connectivity index (χ0) is 30.5. The molecule has 5 aromatic carbocycles. The first kappa shape index (κ1) is 26.0. The van der Waals surface area contributed by atoms with Crippen LogP contribution in [0.5, 0.6) is 0 Å². The first-order valence-electron chi connectivity index (χ1n) is 15.3. The highest BCUT2D eigenvalue weighted by Crippen LogP contribution is 2.51. The van der Waals surface area contributed by atoms with E-state index in [2.05, 4.69) is 94.4 Å². The summed E-state index contributed by atoms with van der Waals surface area (Å²) in [5.74, 6) is 1.76. The lowest BCUT2D eigenvalue weighted by Crippen LogP contribution is -2.16. The van der Waals surface area contributed by atoms with Crippen molar-refractivity contribution in [2.24, 2.45) is 0 Å². The van der Waals surface area contributed by atoms with E-state index in [9.17, 15) is 0 Å². The molecule has 6 heteroatoms. The topological polar surface area (TPSA) is 59.7 Å². The van der Waals surface area contributed by atoms with Crippen molar-refractivity contribution in [3.05, 3.63) is 158 Å². The standard InChI is InChI=1S/C40H26N6/c1-4-15-27(16-5-1)35-31-22-14-26-41-39(31)46-34-25-13-12-24-33(34)45(32-23-11-10-21-30(32)36(35)46)40-43-37(28-17-6-2-7-18-28)42-38(44-40)29-19-8-3-9-20-29/h1-26H. The Morgan fingerprint density at radius 2 is 0.978 bits per heavy atom. The molecule has 0 N–H and O–H groups in total. The number of para-hydroxylation sites is 3. The molecule has 0 fully saturated rings. The van der Waals surface area contributed by atoms with Crippen LogP contribution in [0.15, 0.2) is 158 Å². The van der Waals surface area contributed by atoms with Gasteiger partial charge in [0.25, 0.3) is 0 Å². The first-order chi connectivity index (χ1) is 22.8. The van der Waals surface area contributed by atoms with E-state index in [1.807, 2.05) is 72.9 Å². The van der Waals surface area contributed by atoms with Crippen LogP contribution in [0.1, 0.15) is 0 Å². The van der Waals surface area contributed by atoms with E-state index in [-0.39, 0.29) is 0 Å². The Morgan fingerprint density at radius 3 is 1.63 bits per heavy atom. The van der Waals surface area contributed by atoms with Gasteiger partial charge in [-0.2, -0.15) is 9.97 Å². The lowest BCUT2D eigenvalue weighted by atomic mass is 9.97. The Balaban J connectivity index is 1.39. The minimum atomic E-state index is 0.539. The predicted octanol–water partition coefficient (Wildman–Crippen LogP) is 9.66. The molecule has 6 nitrogen and oxygen atoms in total. The van der Waals surface area contributed by atoms with Crippen molar-refractivity contribution in [1.82, 2.24) is 24.5 Å². The molecule has 0 radical (unpaired) electrons. The second-order valence-electron chi connectivity index (χ2n) is 11.2. The SMILES string of the molecule is c1ccc(-c2nc(-c3ccccc3)nc(N3c4ccccc4-c4c(-c5ccccc5)c5cccnc5n4-c4ccccc43)n2)cc1. The molecule has 0 spiro atoms. The Bertz CT molecular complexity index is 2310. The largest absolute Gasteiger partial charge is 0.291 e. The quantitative estimate of drug-likeness (QED) is 0.204. The molecule has 9 rings (SSSR count). The lowest BCUT2D eigenvalue weighted by molar-refractivity contribution is 1.02. The molecule has 1 aliphatic heterocycles. The number of nitrogens with zero attached hydrogens (tertiary/aromatic N) is 6. The summed E-state index contributed by atoms with van der Waals surface area (Å²) in [7, 11) is 0. The zero-order valence-corrected chi connectivity index (χ0v) is 24.7. The van der Waals surface area contributed by atoms with E-state index in [0.717, 1.165) is 61.6 Å². The van der Waals surface area contributed by atoms with Crippen molar-refractivity contribution >= 4 is 28.4 Å². The van der Waals surface area contributed by atoms with E-state index >= 15 is 0 Å². The van der Waals surface area contributed by atoms with E-state index < -0.39 is 0 Å². The fourth-order valence-corrected chi connectivity index (χ4v) is 6.46. The molecule has 0 amide bonds. The number of benzene rings is 5. The maximum absolute atomic E-state index is 5.16. The molecule has 46 heavy (non-hydrogen) atoms. The van der Waals surface area contributed by atoms with Crippen molar-refractivity contribution in [3.63, 3.8) is 0 Å². The molecule has 0 atom stereocenters. The van der Waals surface area contributed by atoms with E-state index in [4.69, 9.17) is 19.9 Å². The predicted molar refractivity (Wildman–Crippen MR) is 184 cm³/mol. The second-order valence-corrected chi connectivity index (χ2v) is 11.2. The highest BCUT2D eigenvalue weighted by atomic mass is 15.3. The van der Waals surface area contributed by atoms with Crippen LogP contribution < -0.4 is 4.90 Å². The Kier molecular flexibility index (Phi) is 6.03. The monoisotopic (exact) mass is 590 g/mol. The number of anilines is 3. The smallest absolute Gasteiger partial charge is 0.238 e. The van der Waals surface area contributed by atoms with Crippen molar-refractivity contribution < 1.29 is 0 Å². The molecule has 0 unspecified atom stereocenters. The summed E-state index contributed by atoms with van der Waals surface area (Å²) in [4.78, 5) is 22.4. The average Bonchev–Trinajstić information content (AvgIpc) is 3.42. The molecule has 4 heterocycles. The normalized spacial score (nSPS) is 11.9. The summed E-state index contributed by atoms with van der Waals surface area (Å²) in [5.41, 5.74) is 10.0. The third-order valence-corrected chi connectivity index (χ3v) is 8.44. The van der Waals surface area contributed by atoms with Gasteiger partial charge < -0.3 is 0 Å². The molecule has 3 aromatic heterocycles. The Morgan fingerprint density at radius 1 is 0.435 bits per heavy atom. The van der Waals surface area contributed by atoms with Gasteiger partial charge >= 0.3 is 0 Å². The highest BCUT2D eigenvalue weighted by Gasteiger charge is 2.32. The lowest BCUT2D eigenvalue weighted by Gasteiger charge is -2.25. The van der Waals surface area contributed by atoms with Crippen molar-refractivity contribution in [3.8, 4) is 50.8 Å². The summed E-state index contributed by atoms with van der Waals surface area (Å²) in [6.07, 6.45) is 1.87. The van der Waals surface area contributed by atoms with Crippen LogP contribution in [0.3, 0.4) is 0 Å². The molecule has 0 saturated carbocycles. The summed E-state index contributed by atoms with van der Waals surface area (Å²) in [6.45, 7) is 0. The number of fused-ring (bicyclic) bond motifs is 7. The van der Waals surface area contributed by atoms with Gasteiger partial charge in [-0.25, -0.2) is 9.97 Å². The fourth-order valence-electron chi connectivity index (χ4n) is 6.46. The van der Waals surface area contributed by atoms with Gasteiger partial charge in [-0.05, 0) is 35.9 Å². The van der Waals surface area contributed by atoms with Gasteiger partial charge in [0.15, 0.2) is 11.6 Å². The van der Waals surface area contributed by atoms with E-state index in [0.29, 0.717) is 17.6 Å². The number of rotatable bonds is 4. The van der Waals surface area contributed by atoms with Gasteiger partial charge in [0, 0.05) is 33.8 Å². The van der Waals surface area contributed by atoms with Crippen LogP contribution in [0.4, 0.5) is 17.3 Å². The van der Waals surface area contributed by atoms with E-state index in [1.54, 1.807) is 0 Å². The highest BCUT2D eigenvalue weighted by molar-refractivity contribution is 6.08. The molecule has 0 bridgehead atoms. The fraction of sp³-hybridized carbons (Fsp3) is 0. The molecule has 8 aromatic rings. The minimum absolute atomic E-state index is 0.539. The van der Waals surface area contributed by atoms with Gasteiger partial charge in [0.05, 0.1) is 22.8 Å². The van der Waals surface area contributed by atoms with E-state index in [1.165, 1.54) is 0 Å². The third-order valence-electron chi connectivity index (χ3n) is 8.44. The third kappa shape index (κ3) is 4.12. The van der Waals surface area contributed by atoms with Crippen molar-refractivity contribution in [2.75, 3.05) is 4.90 Å². The molecule has 216 valence electrons. The summed E-state index contributed by atoms with van der Waals surface area (Å²) in [6, 6.07) is 51.9. The summed E-state index contributed by atoms with van der Waals surface area (Å²) >= 11 is 0. The second kappa shape index (κ2) is 10.6. The van der Waals surface area contributed by atoms with Crippen LogP contribution >= 0.6 is 0 Å². The number of hydrogen-bond donors (Lipinski definition) is 0. The maximum Gasteiger partial charge on any atom is 0.238 e. The van der Waals surface area contributed by atoms with Gasteiger partial charge in [0.1, 0.15) is 5.65 Å². The van der Waals surface area contributed by atoms with Gasteiger partial charge in [0.2, 0.25) is 5.95 Å². The molecule has 0 aliphatic carbocycles. The Hall–Kier alpha value is -6.40. The zero-order valence-electron chi connectivity index (χ0n) is 24.7. The van der Waals surface area contributed by atoms with Gasteiger partial charge in [-0.3, -0.25) is 9.47 Å². The van der Waals surface area contributed by atoms with Gasteiger partial charge in [-0.15, -0.1) is 0 Å². The molecule has 1 aliphatic rings. The Labute approximate surface area is 266 Å². The van der Waals surface area contributed by atoms with Crippen molar-refractivity contribution in [2.45, 2.75) is 0 Å². The minimum Gasteiger partial charge on any atom is -0.291 e. The first-order valence-corrected chi connectivity index (χ1v) is 15.3. The maximum atomic E-state index is 5.16. The van der Waals surface area contributed by atoms with Crippen LogP contribution in [0.25, 0.3) is 61.9 Å². The van der Waals surface area contributed by atoms with Crippen LogP contribution in [-0.2, 0) is 0 Å². The summed E-state index contributed by atoms with van der Waals surface area (Å²) in [5, 5.41) is 1.10. The van der Waals surface area contributed by atoms with Crippen LogP contribution in [0, 0.1) is 0 Å². The number of pyridine rings is 1. The molecule has 0 saturated heterocycles. The number of aromatic nitrogens is 5. The average molecular weight is 591 g/mol. The van der Waals surface area contributed by atoms with Crippen LogP contribution in [0.2, 0.25) is 0 Å². The van der Waals surface area contributed by atoms with Crippen molar-refractivity contribution in [1.29, 1.82) is 0 Å². The summed E-state index contributed by atoms with van der Waals surface area (Å²) < 4.78 is 2.29. The van der Waals surface area contributed by atoms with Crippen LogP contribution in [-0.4, -0.2) is 24.5 Å². The number of hydrogen-bond acceptors (Lipinski definition) is 5.